The number of amides is 2. The van der Waals surface area contributed by atoms with Gasteiger partial charge in [0.2, 0.25) is 5.91 Å². The van der Waals surface area contributed by atoms with E-state index in [-0.39, 0.29) is 17.9 Å². The summed E-state index contributed by atoms with van der Waals surface area (Å²) in [5.74, 6) is 0.187. The molecule has 24 heavy (non-hydrogen) atoms. The maximum Gasteiger partial charge on any atom is 0.251 e. The molecule has 0 radical (unpaired) electrons. The minimum absolute atomic E-state index is 0.0843. The summed E-state index contributed by atoms with van der Waals surface area (Å²) < 4.78 is 5.47. The van der Waals surface area contributed by atoms with Crippen molar-refractivity contribution in [3.8, 4) is 0 Å². The van der Waals surface area contributed by atoms with Gasteiger partial charge >= 0.3 is 0 Å². The number of hydrogen-bond acceptors (Lipinski definition) is 4. The first-order chi connectivity index (χ1) is 11.6. The second-order valence-electron chi connectivity index (χ2n) is 6.40. The Morgan fingerprint density at radius 3 is 2.42 bits per heavy atom. The van der Waals surface area contributed by atoms with Crippen LogP contribution in [0.2, 0.25) is 0 Å². The van der Waals surface area contributed by atoms with E-state index in [4.69, 9.17) is 4.74 Å². The molecule has 0 spiro atoms. The van der Waals surface area contributed by atoms with Gasteiger partial charge in [0.05, 0.1) is 6.54 Å². The molecule has 2 amide bonds. The van der Waals surface area contributed by atoms with Crippen molar-refractivity contribution in [3.63, 3.8) is 0 Å². The van der Waals surface area contributed by atoms with Gasteiger partial charge in [-0.2, -0.15) is 0 Å². The highest BCUT2D eigenvalue weighted by atomic mass is 16.5. The van der Waals surface area contributed by atoms with Gasteiger partial charge in [0.15, 0.2) is 0 Å². The minimum atomic E-state index is -0.267. The molecule has 2 heterocycles. The van der Waals surface area contributed by atoms with Crippen LogP contribution in [0, 0.1) is 0 Å². The van der Waals surface area contributed by atoms with Gasteiger partial charge in [0, 0.05) is 45.5 Å². The van der Waals surface area contributed by atoms with Crippen molar-refractivity contribution < 1.29 is 14.3 Å². The number of para-hydroxylation sites is 1. The molecule has 1 unspecified atom stereocenters. The number of carbonyl (C=O) groups is 2. The van der Waals surface area contributed by atoms with E-state index in [1.807, 2.05) is 52.1 Å². The monoisotopic (exact) mass is 331 g/mol. The van der Waals surface area contributed by atoms with Gasteiger partial charge < -0.3 is 19.4 Å². The number of hydrogen-bond donors (Lipinski definition) is 0. The summed E-state index contributed by atoms with van der Waals surface area (Å²) in [6.45, 7) is 3.42. The zero-order valence-electron chi connectivity index (χ0n) is 14.2. The van der Waals surface area contributed by atoms with Crippen molar-refractivity contribution in [1.82, 2.24) is 9.80 Å². The molecule has 6 heteroatoms. The van der Waals surface area contributed by atoms with Crippen molar-refractivity contribution in [2.75, 3.05) is 51.3 Å². The predicted octanol–water partition coefficient (Wildman–Crippen LogP) is 0.973. The molecule has 0 aliphatic carbocycles. The molecule has 0 aromatic heterocycles. The Morgan fingerprint density at radius 2 is 1.79 bits per heavy atom. The molecule has 0 bridgehead atoms. The van der Waals surface area contributed by atoms with Crippen molar-refractivity contribution in [2.45, 2.75) is 18.9 Å². The minimum Gasteiger partial charge on any atom is -0.368 e. The molecule has 0 saturated carbocycles. The van der Waals surface area contributed by atoms with Crippen LogP contribution in [0.4, 0.5) is 5.69 Å². The normalized spacial score (nSPS) is 21.0. The highest BCUT2D eigenvalue weighted by Gasteiger charge is 2.31. The lowest BCUT2D eigenvalue weighted by Crippen LogP contribution is -2.54. The summed E-state index contributed by atoms with van der Waals surface area (Å²) in [4.78, 5) is 30.4. The zero-order chi connectivity index (χ0) is 16.9. The molecule has 2 saturated heterocycles. The van der Waals surface area contributed by atoms with Gasteiger partial charge in [-0.3, -0.25) is 9.59 Å². The summed E-state index contributed by atoms with van der Waals surface area (Å²) in [6, 6.07) is 9.87. The van der Waals surface area contributed by atoms with Crippen molar-refractivity contribution in [1.29, 1.82) is 0 Å². The number of nitrogens with zero attached hydrogens (tertiary/aromatic N) is 3. The van der Waals surface area contributed by atoms with Crippen LogP contribution in [0.15, 0.2) is 30.3 Å². The number of benzene rings is 1. The van der Waals surface area contributed by atoms with Crippen LogP contribution in [-0.4, -0.2) is 74.1 Å². The maximum absolute atomic E-state index is 12.5. The maximum atomic E-state index is 12.5. The Kier molecular flexibility index (Phi) is 5.35. The molecule has 130 valence electrons. The van der Waals surface area contributed by atoms with Crippen LogP contribution in [0.5, 0.6) is 0 Å². The zero-order valence-corrected chi connectivity index (χ0v) is 14.2. The standard InChI is InChI=1S/C18H25N3O3/c1-19(15-6-3-2-4-7-15)14-17(22)20-9-11-21(12-10-20)18(23)16-8-5-13-24-16/h2-4,6-7,16H,5,8-14H2,1H3. The summed E-state index contributed by atoms with van der Waals surface area (Å²) >= 11 is 0. The molecule has 3 rings (SSSR count). The molecule has 1 aromatic rings. The summed E-state index contributed by atoms with van der Waals surface area (Å²) in [6.07, 6.45) is 1.51. The lowest BCUT2D eigenvalue weighted by Gasteiger charge is -2.36. The van der Waals surface area contributed by atoms with Crippen LogP contribution in [0.25, 0.3) is 0 Å². The van der Waals surface area contributed by atoms with Crippen LogP contribution in [0.1, 0.15) is 12.8 Å². The van der Waals surface area contributed by atoms with Gasteiger partial charge in [-0.15, -0.1) is 0 Å². The van der Waals surface area contributed by atoms with E-state index in [1.165, 1.54) is 0 Å². The lowest BCUT2D eigenvalue weighted by molar-refractivity contribution is -0.145. The molecule has 1 aromatic carbocycles. The van der Waals surface area contributed by atoms with Gasteiger partial charge in [-0.25, -0.2) is 0 Å². The van der Waals surface area contributed by atoms with Gasteiger partial charge in [-0.05, 0) is 25.0 Å². The highest BCUT2D eigenvalue weighted by molar-refractivity contribution is 5.83. The topological polar surface area (TPSA) is 53.1 Å². The van der Waals surface area contributed by atoms with E-state index in [0.717, 1.165) is 18.5 Å². The fourth-order valence-electron chi connectivity index (χ4n) is 3.23. The summed E-state index contributed by atoms with van der Waals surface area (Å²) in [5.41, 5.74) is 1.03. The SMILES string of the molecule is CN(CC(=O)N1CCN(C(=O)C2CCCO2)CC1)c1ccccc1. The Hall–Kier alpha value is -2.08. The largest absolute Gasteiger partial charge is 0.368 e. The van der Waals surface area contributed by atoms with E-state index >= 15 is 0 Å². The molecule has 0 N–H and O–H groups in total. The molecule has 2 aliphatic rings. The number of likely N-dealkylation sites (N-methyl/N-ethyl adjacent to an activating group) is 1. The Bertz CT molecular complexity index is 564. The van der Waals surface area contributed by atoms with E-state index in [0.29, 0.717) is 39.3 Å². The number of ether oxygens (including phenoxy) is 1. The second-order valence-corrected chi connectivity index (χ2v) is 6.40. The molecular formula is C18H25N3O3. The first kappa shape index (κ1) is 16.8. The average molecular weight is 331 g/mol. The summed E-state index contributed by atoms with van der Waals surface area (Å²) in [5, 5.41) is 0. The molecule has 2 aliphatic heterocycles. The smallest absolute Gasteiger partial charge is 0.251 e. The fraction of sp³-hybridized carbons (Fsp3) is 0.556. The Balaban J connectivity index is 1.47. The average Bonchev–Trinajstić information content (AvgIpc) is 3.16. The lowest BCUT2D eigenvalue weighted by atomic mass is 10.2. The quantitative estimate of drug-likeness (QED) is 0.825. The number of anilines is 1. The third-order valence-corrected chi connectivity index (χ3v) is 4.72. The van der Waals surface area contributed by atoms with Crippen LogP contribution in [0.3, 0.4) is 0 Å². The Labute approximate surface area is 143 Å². The third kappa shape index (κ3) is 3.87. The molecule has 2 fully saturated rings. The van der Waals surface area contributed by atoms with Crippen LogP contribution >= 0.6 is 0 Å². The van der Waals surface area contributed by atoms with E-state index in [9.17, 15) is 9.59 Å². The van der Waals surface area contributed by atoms with Crippen molar-refractivity contribution in [2.24, 2.45) is 0 Å². The number of carbonyl (C=O) groups excluding carboxylic acids is 2. The molecule has 6 nitrogen and oxygen atoms in total. The van der Waals surface area contributed by atoms with Crippen LogP contribution < -0.4 is 4.90 Å². The third-order valence-electron chi connectivity index (χ3n) is 4.72. The highest BCUT2D eigenvalue weighted by Crippen LogP contribution is 2.16. The fourth-order valence-corrected chi connectivity index (χ4v) is 3.23. The second kappa shape index (κ2) is 7.66. The van der Waals surface area contributed by atoms with Crippen LogP contribution in [-0.2, 0) is 14.3 Å². The van der Waals surface area contributed by atoms with E-state index in [2.05, 4.69) is 0 Å². The van der Waals surface area contributed by atoms with E-state index in [1.54, 1.807) is 0 Å². The number of rotatable bonds is 4. The molecular weight excluding hydrogens is 306 g/mol. The Morgan fingerprint density at radius 1 is 1.12 bits per heavy atom. The van der Waals surface area contributed by atoms with Gasteiger partial charge in [0.1, 0.15) is 6.10 Å². The van der Waals surface area contributed by atoms with Crippen molar-refractivity contribution in [3.05, 3.63) is 30.3 Å². The van der Waals surface area contributed by atoms with E-state index < -0.39 is 0 Å². The first-order valence-electron chi connectivity index (χ1n) is 8.59. The van der Waals surface area contributed by atoms with Gasteiger partial charge in [0.25, 0.3) is 5.91 Å². The summed E-state index contributed by atoms with van der Waals surface area (Å²) in [7, 11) is 1.92. The predicted molar refractivity (Wildman–Crippen MR) is 91.8 cm³/mol. The molecule has 1 atom stereocenters. The first-order valence-corrected chi connectivity index (χ1v) is 8.59. The number of piperazine rings is 1. The van der Waals surface area contributed by atoms with Crippen molar-refractivity contribution >= 4 is 17.5 Å². The van der Waals surface area contributed by atoms with Gasteiger partial charge in [-0.1, -0.05) is 18.2 Å².